The smallest absolute Gasteiger partial charge is 0.0786 e. The lowest BCUT2D eigenvalue weighted by atomic mass is 10.2. The lowest BCUT2D eigenvalue weighted by molar-refractivity contribution is 0.745. The zero-order valence-corrected chi connectivity index (χ0v) is 12.5. The number of aryl methyl sites for hydroxylation is 1. The molecule has 1 N–H and O–H groups in total. The van der Waals surface area contributed by atoms with E-state index in [-0.39, 0.29) is 6.04 Å². The van der Waals surface area contributed by atoms with E-state index < -0.39 is 0 Å². The van der Waals surface area contributed by atoms with Gasteiger partial charge >= 0.3 is 0 Å². The number of aromatic nitrogens is 1. The number of hydrogen-bond donors (Lipinski definition) is 1. The molecule has 0 saturated heterocycles. The summed E-state index contributed by atoms with van der Waals surface area (Å²) in [5.74, 6) is 0. The third kappa shape index (κ3) is 2.34. The normalized spacial score (nSPS) is 16.9. The molecule has 1 unspecified atom stereocenters. The summed E-state index contributed by atoms with van der Waals surface area (Å²) < 4.78 is 0. The molecule has 0 fully saturated rings. The number of benzene rings is 1. The second-order valence-electron chi connectivity index (χ2n) is 5.31. The van der Waals surface area contributed by atoms with Gasteiger partial charge in [-0.3, -0.25) is 4.98 Å². The molecule has 0 bridgehead atoms. The number of nitrogens with one attached hydrogen (secondary N) is 1. The first kappa shape index (κ1) is 13.3. The average molecular weight is 288 g/mol. The highest BCUT2D eigenvalue weighted by Crippen LogP contribution is 2.38. The molecule has 0 amide bonds. The van der Waals surface area contributed by atoms with E-state index in [0.717, 1.165) is 34.9 Å². The van der Waals surface area contributed by atoms with Gasteiger partial charge in [-0.2, -0.15) is 0 Å². The second kappa shape index (κ2) is 5.33. The van der Waals surface area contributed by atoms with Gasteiger partial charge in [0.1, 0.15) is 0 Å². The van der Waals surface area contributed by atoms with Crippen LogP contribution in [0.3, 0.4) is 0 Å². The third-order valence-corrected chi connectivity index (χ3v) is 4.03. The number of para-hydroxylation sites is 1. The van der Waals surface area contributed by atoms with E-state index in [2.05, 4.69) is 22.4 Å². The maximum Gasteiger partial charge on any atom is 0.0786 e. The van der Waals surface area contributed by atoms with Crippen LogP contribution in [-0.4, -0.2) is 19.1 Å². The third-order valence-electron chi connectivity index (χ3n) is 3.72. The van der Waals surface area contributed by atoms with Crippen LogP contribution < -0.4 is 10.2 Å². The lowest BCUT2D eigenvalue weighted by Crippen LogP contribution is -2.15. The highest BCUT2D eigenvalue weighted by atomic mass is 35.5. The van der Waals surface area contributed by atoms with Crippen molar-refractivity contribution in [2.45, 2.75) is 18.9 Å². The SMILES string of the molecule is CN(C)c1c(Cl)cccc1NC1CCc2cccnc21. The number of rotatable bonds is 3. The summed E-state index contributed by atoms with van der Waals surface area (Å²) >= 11 is 6.31. The van der Waals surface area contributed by atoms with Crippen molar-refractivity contribution in [1.29, 1.82) is 0 Å². The monoisotopic (exact) mass is 287 g/mol. The molecule has 2 aromatic rings. The predicted molar refractivity (Wildman–Crippen MR) is 84.7 cm³/mol. The number of pyridine rings is 1. The van der Waals surface area contributed by atoms with Crippen LogP contribution in [0.2, 0.25) is 5.02 Å². The Kier molecular flexibility index (Phi) is 3.53. The van der Waals surface area contributed by atoms with E-state index in [1.54, 1.807) is 0 Å². The number of nitrogens with zero attached hydrogens (tertiary/aromatic N) is 2. The molecule has 104 valence electrons. The Morgan fingerprint density at radius 3 is 2.90 bits per heavy atom. The van der Waals surface area contributed by atoms with Gasteiger partial charge in [-0.15, -0.1) is 0 Å². The van der Waals surface area contributed by atoms with E-state index in [1.807, 2.05) is 43.4 Å². The van der Waals surface area contributed by atoms with Crippen LogP contribution in [0.5, 0.6) is 0 Å². The number of halogens is 1. The molecular formula is C16H18ClN3. The first-order chi connectivity index (χ1) is 9.66. The zero-order valence-electron chi connectivity index (χ0n) is 11.7. The van der Waals surface area contributed by atoms with Crippen molar-refractivity contribution in [3.63, 3.8) is 0 Å². The summed E-state index contributed by atoms with van der Waals surface area (Å²) in [6.07, 6.45) is 4.02. The van der Waals surface area contributed by atoms with Gasteiger partial charge in [-0.25, -0.2) is 0 Å². The molecule has 1 atom stereocenters. The fourth-order valence-electron chi connectivity index (χ4n) is 2.83. The number of fused-ring (bicyclic) bond motifs is 1. The molecule has 1 heterocycles. The van der Waals surface area contributed by atoms with Crippen molar-refractivity contribution < 1.29 is 0 Å². The van der Waals surface area contributed by atoms with Crippen LogP contribution in [0, 0.1) is 0 Å². The Bertz CT molecular complexity index is 625. The average Bonchev–Trinajstić information content (AvgIpc) is 2.82. The molecule has 1 aliphatic rings. The van der Waals surface area contributed by atoms with Crippen molar-refractivity contribution in [3.8, 4) is 0 Å². The van der Waals surface area contributed by atoms with Gasteiger partial charge in [-0.1, -0.05) is 23.7 Å². The summed E-state index contributed by atoms with van der Waals surface area (Å²) in [7, 11) is 4.01. The molecule has 1 aromatic carbocycles. The topological polar surface area (TPSA) is 28.2 Å². The molecule has 0 aliphatic heterocycles. The fraction of sp³-hybridized carbons (Fsp3) is 0.312. The van der Waals surface area contributed by atoms with Crippen molar-refractivity contribution >= 4 is 23.0 Å². The van der Waals surface area contributed by atoms with Crippen molar-refractivity contribution in [3.05, 3.63) is 52.8 Å². The molecule has 4 heteroatoms. The summed E-state index contributed by atoms with van der Waals surface area (Å²) in [6.45, 7) is 0. The number of hydrogen-bond acceptors (Lipinski definition) is 3. The van der Waals surface area contributed by atoms with E-state index in [1.165, 1.54) is 5.56 Å². The van der Waals surface area contributed by atoms with Gasteiger partial charge in [0.15, 0.2) is 0 Å². The first-order valence-corrected chi connectivity index (χ1v) is 7.21. The molecule has 0 radical (unpaired) electrons. The van der Waals surface area contributed by atoms with E-state index >= 15 is 0 Å². The van der Waals surface area contributed by atoms with Crippen LogP contribution in [-0.2, 0) is 6.42 Å². The zero-order chi connectivity index (χ0) is 14.1. The Hall–Kier alpha value is -1.74. The lowest BCUT2D eigenvalue weighted by Gasteiger charge is -2.22. The minimum atomic E-state index is 0.267. The van der Waals surface area contributed by atoms with Crippen LogP contribution in [0.4, 0.5) is 11.4 Å². The largest absolute Gasteiger partial charge is 0.375 e. The molecule has 0 spiro atoms. The molecule has 3 nitrogen and oxygen atoms in total. The summed E-state index contributed by atoms with van der Waals surface area (Å²) in [5.41, 5.74) is 4.60. The van der Waals surface area contributed by atoms with Crippen molar-refractivity contribution in [2.24, 2.45) is 0 Å². The van der Waals surface area contributed by atoms with Crippen LogP contribution in [0.1, 0.15) is 23.7 Å². The van der Waals surface area contributed by atoms with E-state index in [4.69, 9.17) is 11.6 Å². The molecule has 3 rings (SSSR count). The maximum atomic E-state index is 6.31. The van der Waals surface area contributed by atoms with E-state index in [9.17, 15) is 0 Å². The second-order valence-corrected chi connectivity index (χ2v) is 5.72. The predicted octanol–water partition coefficient (Wildman–Crippen LogP) is 3.90. The van der Waals surface area contributed by atoms with Crippen LogP contribution in [0.15, 0.2) is 36.5 Å². The van der Waals surface area contributed by atoms with Gasteiger partial charge in [-0.05, 0) is 36.6 Å². The molecule has 20 heavy (non-hydrogen) atoms. The quantitative estimate of drug-likeness (QED) is 0.928. The van der Waals surface area contributed by atoms with Gasteiger partial charge in [0, 0.05) is 20.3 Å². The van der Waals surface area contributed by atoms with Crippen LogP contribution in [0.25, 0.3) is 0 Å². The fourth-order valence-corrected chi connectivity index (χ4v) is 3.17. The highest BCUT2D eigenvalue weighted by Gasteiger charge is 2.24. The minimum absolute atomic E-state index is 0.267. The van der Waals surface area contributed by atoms with Gasteiger partial charge in [0.05, 0.1) is 28.1 Å². The first-order valence-electron chi connectivity index (χ1n) is 6.83. The van der Waals surface area contributed by atoms with Crippen LogP contribution >= 0.6 is 11.6 Å². The minimum Gasteiger partial charge on any atom is -0.375 e. The summed E-state index contributed by atoms with van der Waals surface area (Å²) in [4.78, 5) is 6.57. The van der Waals surface area contributed by atoms with Gasteiger partial charge in [0.25, 0.3) is 0 Å². The van der Waals surface area contributed by atoms with Crippen molar-refractivity contribution in [2.75, 3.05) is 24.3 Å². The maximum absolute atomic E-state index is 6.31. The Morgan fingerprint density at radius 1 is 1.25 bits per heavy atom. The van der Waals surface area contributed by atoms with E-state index in [0.29, 0.717) is 0 Å². The Balaban J connectivity index is 1.92. The standard InChI is InChI=1S/C16H18ClN3/c1-20(2)16-12(17)6-3-7-14(16)19-13-9-8-11-5-4-10-18-15(11)13/h3-7,10,13,19H,8-9H2,1-2H3. The number of anilines is 2. The van der Waals surface area contributed by atoms with Gasteiger partial charge in [0.2, 0.25) is 0 Å². The summed E-state index contributed by atoms with van der Waals surface area (Å²) in [6, 6.07) is 10.4. The Labute approximate surface area is 124 Å². The van der Waals surface area contributed by atoms with Crippen molar-refractivity contribution in [1.82, 2.24) is 4.98 Å². The highest BCUT2D eigenvalue weighted by molar-refractivity contribution is 6.34. The summed E-state index contributed by atoms with van der Waals surface area (Å²) in [5, 5.41) is 4.36. The molecule has 0 saturated carbocycles. The Morgan fingerprint density at radius 2 is 2.10 bits per heavy atom. The van der Waals surface area contributed by atoms with Gasteiger partial charge < -0.3 is 10.2 Å². The molecule has 1 aromatic heterocycles. The molecule has 1 aliphatic carbocycles. The molecular weight excluding hydrogens is 270 g/mol.